The Bertz CT molecular complexity index is 693. The summed E-state index contributed by atoms with van der Waals surface area (Å²) in [5.41, 5.74) is 2.08. The summed E-state index contributed by atoms with van der Waals surface area (Å²) in [5, 5.41) is 5.60. The third-order valence-electron chi connectivity index (χ3n) is 3.94. The van der Waals surface area contributed by atoms with Crippen LogP contribution in [0.4, 0.5) is 0 Å². The molecule has 6 heteroatoms. The predicted octanol–water partition coefficient (Wildman–Crippen LogP) is 2.89. The number of rotatable bonds is 9. The van der Waals surface area contributed by atoms with Crippen LogP contribution in [-0.2, 0) is 22.7 Å². The van der Waals surface area contributed by atoms with Crippen molar-refractivity contribution in [2.75, 3.05) is 6.61 Å². The van der Waals surface area contributed by atoms with Crippen LogP contribution in [0.3, 0.4) is 0 Å². The Kier molecular flexibility index (Phi) is 7.41. The Morgan fingerprint density at radius 2 is 1.81 bits per heavy atom. The van der Waals surface area contributed by atoms with E-state index in [1.807, 2.05) is 45.0 Å². The second-order valence-electron chi connectivity index (χ2n) is 6.34. The molecule has 2 aromatic rings. The molecule has 0 radical (unpaired) electrons. The van der Waals surface area contributed by atoms with Crippen LogP contribution in [0.15, 0.2) is 47.1 Å². The molecular weight excluding hydrogens is 332 g/mol. The lowest BCUT2D eigenvalue weighted by atomic mass is 10.0. The lowest BCUT2D eigenvalue weighted by molar-refractivity contribution is -0.124. The van der Waals surface area contributed by atoms with Crippen molar-refractivity contribution in [2.24, 2.45) is 5.92 Å². The summed E-state index contributed by atoms with van der Waals surface area (Å²) in [6, 6.07) is 10.4. The summed E-state index contributed by atoms with van der Waals surface area (Å²) < 4.78 is 10.4. The van der Waals surface area contributed by atoms with E-state index < -0.39 is 11.9 Å². The summed E-state index contributed by atoms with van der Waals surface area (Å²) in [4.78, 5) is 24.6. The maximum Gasteiger partial charge on any atom is 0.287 e. The van der Waals surface area contributed by atoms with Crippen LogP contribution < -0.4 is 10.6 Å². The molecule has 26 heavy (non-hydrogen) atoms. The zero-order valence-electron chi connectivity index (χ0n) is 15.5. The van der Waals surface area contributed by atoms with Gasteiger partial charge in [0.2, 0.25) is 5.91 Å². The molecule has 0 fully saturated rings. The monoisotopic (exact) mass is 358 g/mol. The fraction of sp³-hybridized carbons (Fsp3) is 0.400. The van der Waals surface area contributed by atoms with Crippen LogP contribution in [0, 0.1) is 5.92 Å². The summed E-state index contributed by atoms with van der Waals surface area (Å²) >= 11 is 0. The fourth-order valence-electron chi connectivity index (χ4n) is 2.43. The van der Waals surface area contributed by atoms with E-state index >= 15 is 0 Å². The molecule has 1 aromatic heterocycles. The molecule has 0 saturated carbocycles. The van der Waals surface area contributed by atoms with Crippen LogP contribution in [0.25, 0.3) is 0 Å². The molecule has 140 valence electrons. The standard InChI is InChI=1S/C20H26N2O4/c1-4-25-13-16-9-7-15(8-10-16)12-21-20(24)18(14(2)3)22-19(23)17-6-5-11-26-17/h5-11,14,18H,4,12-13H2,1-3H3,(H,21,24)(H,22,23). The van der Waals surface area contributed by atoms with E-state index in [2.05, 4.69) is 10.6 Å². The quantitative estimate of drug-likeness (QED) is 0.722. The van der Waals surface area contributed by atoms with Gasteiger partial charge in [-0.2, -0.15) is 0 Å². The average molecular weight is 358 g/mol. The van der Waals surface area contributed by atoms with E-state index in [0.29, 0.717) is 19.8 Å². The first kappa shape index (κ1) is 19.7. The van der Waals surface area contributed by atoms with Gasteiger partial charge in [-0.3, -0.25) is 9.59 Å². The first-order valence-electron chi connectivity index (χ1n) is 8.79. The molecule has 1 heterocycles. The second-order valence-corrected chi connectivity index (χ2v) is 6.34. The number of carbonyl (C=O) groups excluding carboxylic acids is 2. The molecule has 1 unspecified atom stereocenters. The van der Waals surface area contributed by atoms with Gasteiger partial charge in [0.15, 0.2) is 5.76 Å². The number of carbonyl (C=O) groups is 2. The molecule has 0 saturated heterocycles. The van der Waals surface area contributed by atoms with Crippen LogP contribution in [0.2, 0.25) is 0 Å². The smallest absolute Gasteiger partial charge is 0.287 e. The number of hydrogen-bond donors (Lipinski definition) is 2. The van der Waals surface area contributed by atoms with Crippen LogP contribution in [-0.4, -0.2) is 24.5 Å². The van der Waals surface area contributed by atoms with Crippen LogP contribution in [0.1, 0.15) is 42.5 Å². The molecule has 2 N–H and O–H groups in total. The van der Waals surface area contributed by atoms with Gasteiger partial charge >= 0.3 is 0 Å². The van der Waals surface area contributed by atoms with Gasteiger partial charge in [0, 0.05) is 13.2 Å². The zero-order valence-corrected chi connectivity index (χ0v) is 15.5. The molecule has 0 aliphatic carbocycles. The molecule has 1 atom stereocenters. The normalized spacial score (nSPS) is 12.0. The lowest BCUT2D eigenvalue weighted by Gasteiger charge is -2.21. The number of benzene rings is 1. The highest BCUT2D eigenvalue weighted by molar-refractivity contribution is 5.95. The van der Waals surface area contributed by atoms with Crippen molar-refractivity contribution in [2.45, 2.75) is 40.0 Å². The molecule has 1 aromatic carbocycles. The third-order valence-corrected chi connectivity index (χ3v) is 3.94. The van der Waals surface area contributed by atoms with Gasteiger partial charge in [0.25, 0.3) is 5.91 Å². The van der Waals surface area contributed by atoms with Crippen molar-refractivity contribution in [3.63, 3.8) is 0 Å². The maximum atomic E-state index is 12.5. The van der Waals surface area contributed by atoms with E-state index in [4.69, 9.17) is 9.15 Å². The van der Waals surface area contributed by atoms with Crippen molar-refractivity contribution < 1.29 is 18.7 Å². The minimum Gasteiger partial charge on any atom is -0.459 e. The Morgan fingerprint density at radius 3 is 2.38 bits per heavy atom. The maximum absolute atomic E-state index is 12.5. The van der Waals surface area contributed by atoms with Gasteiger partial charge in [-0.15, -0.1) is 0 Å². The number of nitrogens with one attached hydrogen (secondary N) is 2. The Balaban J connectivity index is 1.90. The Morgan fingerprint density at radius 1 is 1.12 bits per heavy atom. The Labute approximate surface area is 153 Å². The highest BCUT2D eigenvalue weighted by Crippen LogP contribution is 2.08. The van der Waals surface area contributed by atoms with Crippen molar-refractivity contribution in [3.05, 3.63) is 59.5 Å². The molecule has 2 rings (SSSR count). The number of furan rings is 1. The summed E-state index contributed by atoms with van der Waals surface area (Å²) in [6.45, 7) is 7.38. The second kappa shape index (κ2) is 9.77. The van der Waals surface area contributed by atoms with Crippen molar-refractivity contribution in [1.82, 2.24) is 10.6 Å². The number of hydrogen-bond acceptors (Lipinski definition) is 4. The van der Waals surface area contributed by atoms with Gasteiger partial charge in [0.1, 0.15) is 6.04 Å². The lowest BCUT2D eigenvalue weighted by Crippen LogP contribution is -2.49. The highest BCUT2D eigenvalue weighted by Gasteiger charge is 2.25. The average Bonchev–Trinajstić information content (AvgIpc) is 3.17. The number of amides is 2. The minimum atomic E-state index is -0.634. The van der Waals surface area contributed by atoms with Crippen molar-refractivity contribution in [1.29, 1.82) is 0 Å². The van der Waals surface area contributed by atoms with Crippen molar-refractivity contribution >= 4 is 11.8 Å². The highest BCUT2D eigenvalue weighted by atomic mass is 16.5. The third kappa shape index (κ3) is 5.74. The van der Waals surface area contributed by atoms with Crippen molar-refractivity contribution in [3.8, 4) is 0 Å². The molecular formula is C20H26N2O4. The zero-order chi connectivity index (χ0) is 18.9. The summed E-state index contributed by atoms with van der Waals surface area (Å²) in [7, 11) is 0. The molecule has 0 bridgehead atoms. The van der Waals surface area contributed by atoms with E-state index in [1.165, 1.54) is 6.26 Å². The SMILES string of the molecule is CCOCc1ccc(CNC(=O)C(NC(=O)c2ccco2)C(C)C)cc1. The molecule has 0 aliphatic heterocycles. The van der Waals surface area contributed by atoms with Gasteiger partial charge in [-0.25, -0.2) is 0 Å². The first-order valence-corrected chi connectivity index (χ1v) is 8.79. The Hall–Kier alpha value is -2.60. The molecule has 6 nitrogen and oxygen atoms in total. The van der Waals surface area contributed by atoms with E-state index in [-0.39, 0.29) is 17.6 Å². The summed E-state index contributed by atoms with van der Waals surface area (Å²) in [5.74, 6) is -0.488. The predicted molar refractivity (Wildman–Crippen MR) is 98.4 cm³/mol. The van der Waals surface area contributed by atoms with Crippen LogP contribution in [0.5, 0.6) is 0 Å². The largest absolute Gasteiger partial charge is 0.459 e. The van der Waals surface area contributed by atoms with E-state index in [9.17, 15) is 9.59 Å². The molecule has 2 amide bonds. The molecule has 0 aliphatic rings. The number of ether oxygens (including phenoxy) is 1. The van der Waals surface area contributed by atoms with Gasteiger partial charge in [0.05, 0.1) is 12.9 Å². The van der Waals surface area contributed by atoms with E-state index in [0.717, 1.165) is 11.1 Å². The summed E-state index contributed by atoms with van der Waals surface area (Å²) in [6.07, 6.45) is 1.43. The first-order chi connectivity index (χ1) is 12.5. The minimum absolute atomic E-state index is 0.0533. The van der Waals surface area contributed by atoms with Gasteiger partial charge < -0.3 is 19.8 Å². The topological polar surface area (TPSA) is 80.6 Å². The fourth-order valence-corrected chi connectivity index (χ4v) is 2.43. The van der Waals surface area contributed by atoms with Crippen LogP contribution >= 0.6 is 0 Å². The molecule has 0 spiro atoms. The van der Waals surface area contributed by atoms with Gasteiger partial charge in [-0.1, -0.05) is 38.1 Å². The van der Waals surface area contributed by atoms with E-state index in [1.54, 1.807) is 12.1 Å². The van der Waals surface area contributed by atoms with Gasteiger partial charge in [-0.05, 0) is 36.1 Å².